The third-order valence-electron chi connectivity index (χ3n) is 3.76. The number of rotatable bonds is 5. The first-order valence-corrected chi connectivity index (χ1v) is 8.88. The number of benzene rings is 2. The Kier molecular flexibility index (Phi) is 6.22. The molecule has 0 unspecified atom stereocenters. The van der Waals surface area contributed by atoms with Crippen molar-refractivity contribution in [3.8, 4) is 0 Å². The number of hydrogen-bond donors (Lipinski definition) is 1. The second-order valence-corrected chi connectivity index (χ2v) is 6.52. The van der Waals surface area contributed by atoms with Gasteiger partial charge in [0.15, 0.2) is 0 Å². The number of amidine groups is 1. The van der Waals surface area contributed by atoms with E-state index in [2.05, 4.69) is 56.7 Å². The van der Waals surface area contributed by atoms with E-state index in [1.807, 2.05) is 24.3 Å². The molecule has 0 aliphatic rings. The fourth-order valence-corrected chi connectivity index (χ4v) is 2.36. The molecule has 3 aromatic rings. The van der Waals surface area contributed by atoms with Gasteiger partial charge in [0.1, 0.15) is 0 Å². The van der Waals surface area contributed by atoms with Crippen molar-refractivity contribution in [1.29, 1.82) is 0 Å². The van der Waals surface area contributed by atoms with Crippen molar-refractivity contribution >= 4 is 29.1 Å². The maximum absolute atomic E-state index is 5.97. The number of hydrogen-bond acceptors (Lipinski definition) is 5. The molecule has 0 atom stereocenters. The SMILES string of the molecule is CC(C)c1ccc(NN=C(N=Nc2ncccn2)c2ccc(Cl)cc2)cc1. The Labute approximate surface area is 163 Å². The highest BCUT2D eigenvalue weighted by atomic mass is 35.5. The Balaban J connectivity index is 1.85. The van der Waals surface area contributed by atoms with E-state index in [9.17, 15) is 0 Å². The van der Waals surface area contributed by atoms with Gasteiger partial charge >= 0.3 is 0 Å². The van der Waals surface area contributed by atoms with Gasteiger partial charge in [0.25, 0.3) is 5.95 Å². The molecular weight excluding hydrogens is 360 g/mol. The Bertz CT molecular complexity index is 919. The van der Waals surface area contributed by atoms with E-state index in [1.165, 1.54) is 5.56 Å². The van der Waals surface area contributed by atoms with Gasteiger partial charge in [0.05, 0.1) is 5.69 Å². The Hall–Kier alpha value is -3.12. The highest BCUT2D eigenvalue weighted by Gasteiger charge is 2.04. The van der Waals surface area contributed by atoms with E-state index in [0.717, 1.165) is 11.3 Å². The van der Waals surface area contributed by atoms with Crippen LogP contribution in [0.5, 0.6) is 0 Å². The van der Waals surface area contributed by atoms with Crippen molar-refractivity contribution in [2.24, 2.45) is 15.3 Å². The molecule has 3 rings (SSSR count). The van der Waals surface area contributed by atoms with Crippen LogP contribution in [0.1, 0.15) is 30.9 Å². The topological polar surface area (TPSA) is 74.9 Å². The molecule has 7 heteroatoms. The van der Waals surface area contributed by atoms with Crippen LogP contribution in [0, 0.1) is 0 Å². The third-order valence-corrected chi connectivity index (χ3v) is 4.01. The van der Waals surface area contributed by atoms with Crippen LogP contribution in [-0.2, 0) is 0 Å². The van der Waals surface area contributed by atoms with E-state index in [0.29, 0.717) is 16.8 Å². The molecule has 1 N–H and O–H groups in total. The molecule has 0 saturated heterocycles. The zero-order valence-corrected chi connectivity index (χ0v) is 15.8. The lowest BCUT2D eigenvalue weighted by molar-refractivity contribution is 0.867. The summed E-state index contributed by atoms with van der Waals surface area (Å²) >= 11 is 5.97. The third kappa shape index (κ3) is 5.43. The summed E-state index contributed by atoms with van der Waals surface area (Å²) in [4.78, 5) is 8.07. The first kappa shape index (κ1) is 18.7. The zero-order valence-electron chi connectivity index (χ0n) is 15.0. The molecule has 136 valence electrons. The van der Waals surface area contributed by atoms with Gasteiger partial charge in [-0.3, -0.25) is 5.43 Å². The summed E-state index contributed by atoms with van der Waals surface area (Å²) in [5, 5.41) is 13.3. The van der Waals surface area contributed by atoms with Crippen molar-refractivity contribution in [3.05, 3.63) is 83.1 Å². The lowest BCUT2D eigenvalue weighted by Gasteiger charge is -2.07. The molecule has 1 heterocycles. The highest BCUT2D eigenvalue weighted by molar-refractivity contribution is 6.30. The van der Waals surface area contributed by atoms with Crippen molar-refractivity contribution in [3.63, 3.8) is 0 Å². The molecule has 0 aliphatic heterocycles. The van der Waals surface area contributed by atoms with Crippen LogP contribution in [0.15, 0.2) is 82.3 Å². The van der Waals surface area contributed by atoms with Gasteiger partial charge in [-0.25, -0.2) is 9.97 Å². The predicted octanol–water partition coefficient (Wildman–Crippen LogP) is 5.81. The molecule has 0 spiro atoms. The maximum atomic E-state index is 5.97. The van der Waals surface area contributed by atoms with Crippen LogP contribution < -0.4 is 5.43 Å². The van der Waals surface area contributed by atoms with E-state index >= 15 is 0 Å². The van der Waals surface area contributed by atoms with Gasteiger partial charge < -0.3 is 0 Å². The minimum absolute atomic E-state index is 0.264. The second kappa shape index (κ2) is 9.00. The standard InChI is InChI=1S/C20H19ClN6/c1-14(2)15-6-10-18(11-7-15)24-25-19(16-4-8-17(21)9-5-16)26-27-20-22-12-3-13-23-20/h3-14,24H,1-2H3. The van der Waals surface area contributed by atoms with Crippen LogP contribution in [0.4, 0.5) is 11.6 Å². The summed E-state index contributed by atoms with van der Waals surface area (Å²) in [5.41, 5.74) is 5.91. The van der Waals surface area contributed by atoms with E-state index in [4.69, 9.17) is 11.6 Å². The zero-order chi connectivity index (χ0) is 19.1. The van der Waals surface area contributed by atoms with Gasteiger partial charge in [-0.2, -0.15) is 5.10 Å². The van der Waals surface area contributed by atoms with Crippen molar-refractivity contribution in [1.82, 2.24) is 9.97 Å². The van der Waals surface area contributed by atoms with Crippen LogP contribution in [0.2, 0.25) is 5.02 Å². The maximum Gasteiger partial charge on any atom is 0.268 e. The average Bonchev–Trinajstić information content (AvgIpc) is 2.70. The summed E-state index contributed by atoms with van der Waals surface area (Å²) in [7, 11) is 0. The quantitative estimate of drug-likeness (QED) is 0.263. The number of azo groups is 1. The van der Waals surface area contributed by atoms with Crippen LogP contribution in [0.25, 0.3) is 0 Å². The molecule has 0 aliphatic carbocycles. The lowest BCUT2D eigenvalue weighted by atomic mass is 10.0. The van der Waals surface area contributed by atoms with Crippen molar-refractivity contribution < 1.29 is 0 Å². The fraction of sp³-hybridized carbons (Fsp3) is 0.150. The summed E-state index contributed by atoms with van der Waals surface area (Å²) in [6.07, 6.45) is 3.21. The molecule has 6 nitrogen and oxygen atoms in total. The largest absolute Gasteiger partial charge is 0.276 e. The number of halogens is 1. The summed E-state index contributed by atoms with van der Waals surface area (Å²) in [6.45, 7) is 4.32. The van der Waals surface area contributed by atoms with Gasteiger partial charge in [0, 0.05) is 23.0 Å². The number of hydrazone groups is 1. The number of anilines is 1. The second-order valence-electron chi connectivity index (χ2n) is 6.08. The van der Waals surface area contributed by atoms with E-state index < -0.39 is 0 Å². The highest BCUT2D eigenvalue weighted by Crippen LogP contribution is 2.18. The molecular formula is C20H19ClN6. The fourth-order valence-electron chi connectivity index (χ4n) is 2.24. The van der Waals surface area contributed by atoms with Crippen molar-refractivity contribution in [2.45, 2.75) is 19.8 Å². The molecule has 27 heavy (non-hydrogen) atoms. The molecule has 0 amide bonds. The van der Waals surface area contributed by atoms with E-state index in [1.54, 1.807) is 30.6 Å². The first-order valence-electron chi connectivity index (χ1n) is 8.50. The lowest BCUT2D eigenvalue weighted by Crippen LogP contribution is -2.01. The first-order chi connectivity index (χ1) is 13.1. The van der Waals surface area contributed by atoms with E-state index in [-0.39, 0.29) is 5.95 Å². The minimum atomic E-state index is 0.264. The molecule has 0 saturated carbocycles. The monoisotopic (exact) mass is 378 g/mol. The molecule has 2 aromatic carbocycles. The molecule has 0 radical (unpaired) electrons. The van der Waals surface area contributed by atoms with Crippen LogP contribution in [0.3, 0.4) is 0 Å². The average molecular weight is 379 g/mol. The van der Waals surface area contributed by atoms with Crippen LogP contribution in [-0.4, -0.2) is 15.8 Å². The minimum Gasteiger partial charge on any atom is -0.276 e. The summed E-state index contributed by atoms with van der Waals surface area (Å²) in [5.74, 6) is 1.14. The van der Waals surface area contributed by atoms with Crippen LogP contribution >= 0.6 is 11.6 Å². The number of aromatic nitrogens is 2. The van der Waals surface area contributed by atoms with Crippen molar-refractivity contribution in [2.75, 3.05) is 5.43 Å². The smallest absolute Gasteiger partial charge is 0.268 e. The summed E-state index contributed by atoms with van der Waals surface area (Å²) in [6, 6.07) is 17.0. The van der Waals surface area contributed by atoms with Gasteiger partial charge in [-0.05, 0) is 53.9 Å². The van der Waals surface area contributed by atoms with Gasteiger partial charge in [-0.1, -0.05) is 37.6 Å². The Morgan fingerprint density at radius 2 is 1.63 bits per heavy atom. The molecule has 1 aromatic heterocycles. The summed E-state index contributed by atoms with van der Waals surface area (Å²) < 4.78 is 0. The molecule has 0 bridgehead atoms. The normalized spacial score (nSPS) is 11.9. The Morgan fingerprint density at radius 3 is 2.26 bits per heavy atom. The number of nitrogens with one attached hydrogen (secondary N) is 1. The molecule has 0 fully saturated rings. The number of nitrogens with zero attached hydrogens (tertiary/aromatic N) is 5. The van der Waals surface area contributed by atoms with Gasteiger partial charge in [-0.15, -0.1) is 10.2 Å². The Morgan fingerprint density at radius 1 is 0.963 bits per heavy atom. The van der Waals surface area contributed by atoms with Gasteiger partial charge in [0.2, 0.25) is 5.84 Å². The predicted molar refractivity (Wildman–Crippen MR) is 109 cm³/mol.